The molecule has 0 aromatic heterocycles. The van der Waals surface area contributed by atoms with Gasteiger partial charge < -0.3 is 20.3 Å². The minimum absolute atomic E-state index is 0.531. The average Bonchev–Trinajstić information content (AvgIpc) is 2.60. The molecule has 0 spiro atoms. The number of nitrogen functional groups attached to an aromatic ring is 1. The van der Waals surface area contributed by atoms with Crippen molar-refractivity contribution in [1.82, 2.24) is 4.90 Å². The Bertz CT molecular complexity index is 422. The van der Waals surface area contributed by atoms with Crippen LogP contribution in [-0.4, -0.2) is 44.7 Å². The molecule has 0 radical (unpaired) electrons. The minimum Gasteiger partial charge on any atom is -0.497 e. The maximum absolute atomic E-state index is 6.20. The molecule has 1 heterocycles. The SMILES string of the molecule is CCC1CN(C)CCCN1c1ccc(OC)cc1N. The molecular formula is C15H25N3O. The topological polar surface area (TPSA) is 41.7 Å². The lowest BCUT2D eigenvalue weighted by atomic mass is 10.1. The number of rotatable bonds is 3. The van der Waals surface area contributed by atoms with Gasteiger partial charge in [0.05, 0.1) is 18.5 Å². The van der Waals surface area contributed by atoms with Gasteiger partial charge in [-0.05, 0) is 38.6 Å². The molecule has 4 heteroatoms. The Morgan fingerprint density at radius 2 is 2.16 bits per heavy atom. The van der Waals surface area contributed by atoms with E-state index >= 15 is 0 Å². The van der Waals surface area contributed by atoms with E-state index in [2.05, 4.69) is 29.8 Å². The van der Waals surface area contributed by atoms with Gasteiger partial charge in [-0.2, -0.15) is 0 Å². The van der Waals surface area contributed by atoms with Crippen molar-refractivity contribution in [3.05, 3.63) is 18.2 Å². The number of nitrogens with two attached hydrogens (primary N) is 1. The first-order chi connectivity index (χ1) is 9.15. The van der Waals surface area contributed by atoms with Gasteiger partial charge in [-0.3, -0.25) is 0 Å². The van der Waals surface area contributed by atoms with Crippen LogP contribution in [0, 0.1) is 0 Å². The van der Waals surface area contributed by atoms with E-state index in [1.165, 1.54) is 6.42 Å². The van der Waals surface area contributed by atoms with E-state index < -0.39 is 0 Å². The maximum atomic E-state index is 6.20. The number of hydrogen-bond acceptors (Lipinski definition) is 4. The molecule has 1 unspecified atom stereocenters. The van der Waals surface area contributed by atoms with E-state index in [4.69, 9.17) is 10.5 Å². The zero-order chi connectivity index (χ0) is 13.8. The van der Waals surface area contributed by atoms with E-state index in [0.717, 1.165) is 43.2 Å². The van der Waals surface area contributed by atoms with Crippen LogP contribution in [-0.2, 0) is 0 Å². The monoisotopic (exact) mass is 263 g/mol. The molecular weight excluding hydrogens is 238 g/mol. The van der Waals surface area contributed by atoms with E-state index in [1.54, 1.807) is 7.11 Å². The third-order valence-corrected chi connectivity index (χ3v) is 3.92. The quantitative estimate of drug-likeness (QED) is 0.849. The summed E-state index contributed by atoms with van der Waals surface area (Å²) >= 11 is 0. The molecule has 0 amide bonds. The van der Waals surface area contributed by atoms with E-state index in [-0.39, 0.29) is 0 Å². The second-order valence-electron chi connectivity index (χ2n) is 5.30. The van der Waals surface area contributed by atoms with Crippen LogP contribution in [0.25, 0.3) is 0 Å². The molecule has 4 nitrogen and oxygen atoms in total. The normalized spacial score (nSPS) is 21.2. The average molecular weight is 263 g/mol. The molecule has 1 atom stereocenters. The predicted molar refractivity (Wildman–Crippen MR) is 80.9 cm³/mol. The first-order valence-corrected chi connectivity index (χ1v) is 7.04. The van der Waals surface area contributed by atoms with E-state index in [9.17, 15) is 0 Å². The first kappa shape index (κ1) is 14.0. The van der Waals surface area contributed by atoms with Crippen LogP contribution in [0.1, 0.15) is 19.8 Å². The van der Waals surface area contributed by atoms with E-state index in [0.29, 0.717) is 6.04 Å². The van der Waals surface area contributed by atoms with Crippen molar-refractivity contribution in [2.75, 3.05) is 44.4 Å². The fourth-order valence-electron chi connectivity index (χ4n) is 2.83. The Balaban J connectivity index is 2.27. The molecule has 0 saturated carbocycles. The van der Waals surface area contributed by atoms with Crippen LogP contribution in [0.2, 0.25) is 0 Å². The number of benzene rings is 1. The lowest BCUT2D eigenvalue weighted by molar-refractivity contribution is 0.328. The molecule has 1 aromatic carbocycles. The van der Waals surface area contributed by atoms with Gasteiger partial charge in [-0.15, -0.1) is 0 Å². The second kappa shape index (κ2) is 6.15. The third-order valence-electron chi connectivity index (χ3n) is 3.92. The van der Waals surface area contributed by atoms with Crippen molar-refractivity contribution in [3.8, 4) is 5.75 Å². The summed E-state index contributed by atoms with van der Waals surface area (Å²) in [4.78, 5) is 4.87. The molecule has 1 aromatic rings. The lowest BCUT2D eigenvalue weighted by Gasteiger charge is -2.33. The van der Waals surface area contributed by atoms with Crippen molar-refractivity contribution >= 4 is 11.4 Å². The molecule has 1 aliphatic heterocycles. The van der Waals surface area contributed by atoms with Gasteiger partial charge in [-0.1, -0.05) is 6.92 Å². The van der Waals surface area contributed by atoms with Crippen molar-refractivity contribution in [3.63, 3.8) is 0 Å². The Hall–Kier alpha value is -1.42. The lowest BCUT2D eigenvalue weighted by Crippen LogP contribution is -2.40. The highest BCUT2D eigenvalue weighted by Gasteiger charge is 2.23. The van der Waals surface area contributed by atoms with Gasteiger partial charge in [0.1, 0.15) is 5.75 Å². The van der Waals surface area contributed by atoms with Crippen LogP contribution in [0.3, 0.4) is 0 Å². The second-order valence-corrected chi connectivity index (χ2v) is 5.30. The van der Waals surface area contributed by atoms with Crippen LogP contribution < -0.4 is 15.4 Å². The van der Waals surface area contributed by atoms with Gasteiger partial charge in [-0.25, -0.2) is 0 Å². The summed E-state index contributed by atoms with van der Waals surface area (Å²) in [6.07, 6.45) is 2.31. The number of methoxy groups -OCH3 is 1. The Morgan fingerprint density at radius 3 is 2.79 bits per heavy atom. The summed E-state index contributed by atoms with van der Waals surface area (Å²) in [5.41, 5.74) is 8.14. The Kier molecular flexibility index (Phi) is 4.53. The third kappa shape index (κ3) is 3.13. The smallest absolute Gasteiger partial charge is 0.121 e. The largest absolute Gasteiger partial charge is 0.497 e. The highest BCUT2D eigenvalue weighted by molar-refractivity contribution is 5.70. The zero-order valence-electron chi connectivity index (χ0n) is 12.2. The number of likely N-dealkylation sites (N-methyl/N-ethyl adjacent to an activating group) is 1. The molecule has 1 saturated heterocycles. The first-order valence-electron chi connectivity index (χ1n) is 7.04. The standard InChI is InChI=1S/C15H25N3O/c1-4-12-11-17(2)8-5-9-18(12)15-7-6-13(19-3)10-14(15)16/h6-7,10,12H,4-5,8-9,11,16H2,1-3H3. The minimum atomic E-state index is 0.531. The molecule has 2 rings (SSSR count). The van der Waals surface area contributed by atoms with Gasteiger partial charge in [0.25, 0.3) is 0 Å². The Labute approximate surface area is 116 Å². The summed E-state index contributed by atoms with van der Waals surface area (Å²) in [5.74, 6) is 0.821. The van der Waals surface area contributed by atoms with Crippen LogP contribution in [0.15, 0.2) is 18.2 Å². The predicted octanol–water partition coefficient (Wildman–Crippen LogP) is 2.20. The summed E-state index contributed by atoms with van der Waals surface area (Å²) < 4.78 is 5.23. The highest BCUT2D eigenvalue weighted by Crippen LogP contribution is 2.30. The van der Waals surface area contributed by atoms with Crippen molar-refractivity contribution in [2.45, 2.75) is 25.8 Å². The van der Waals surface area contributed by atoms with E-state index in [1.807, 2.05) is 12.1 Å². The summed E-state index contributed by atoms with van der Waals surface area (Å²) in [6, 6.07) is 6.52. The summed E-state index contributed by atoms with van der Waals surface area (Å²) in [5, 5.41) is 0. The van der Waals surface area contributed by atoms with Crippen molar-refractivity contribution in [2.24, 2.45) is 0 Å². The number of hydrogen-bond donors (Lipinski definition) is 1. The van der Waals surface area contributed by atoms with Gasteiger partial charge >= 0.3 is 0 Å². The number of ether oxygens (including phenoxy) is 1. The van der Waals surface area contributed by atoms with Crippen LogP contribution in [0.4, 0.5) is 11.4 Å². The van der Waals surface area contributed by atoms with Crippen LogP contribution >= 0.6 is 0 Å². The molecule has 106 valence electrons. The molecule has 0 aliphatic carbocycles. The van der Waals surface area contributed by atoms with Crippen molar-refractivity contribution < 1.29 is 4.74 Å². The molecule has 2 N–H and O–H groups in total. The maximum Gasteiger partial charge on any atom is 0.121 e. The van der Waals surface area contributed by atoms with Gasteiger partial charge in [0, 0.05) is 25.2 Å². The highest BCUT2D eigenvalue weighted by atomic mass is 16.5. The fraction of sp³-hybridized carbons (Fsp3) is 0.600. The number of nitrogens with zero attached hydrogens (tertiary/aromatic N) is 2. The fourth-order valence-corrected chi connectivity index (χ4v) is 2.83. The van der Waals surface area contributed by atoms with Gasteiger partial charge in [0.2, 0.25) is 0 Å². The zero-order valence-corrected chi connectivity index (χ0v) is 12.2. The van der Waals surface area contributed by atoms with Crippen molar-refractivity contribution in [1.29, 1.82) is 0 Å². The molecule has 0 bridgehead atoms. The molecule has 1 aliphatic rings. The molecule has 19 heavy (non-hydrogen) atoms. The molecule has 1 fully saturated rings. The Morgan fingerprint density at radius 1 is 1.37 bits per heavy atom. The summed E-state index contributed by atoms with van der Waals surface area (Å²) in [7, 11) is 3.87. The number of anilines is 2. The summed E-state index contributed by atoms with van der Waals surface area (Å²) in [6.45, 7) is 5.57. The van der Waals surface area contributed by atoms with Crippen LogP contribution in [0.5, 0.6) is 5.75 Å². The van der Waals surface area contributed by atoms with Gasteiger partial charge in [0.15, 0.2) is 0 Å².